The zero-order valence-corrected chi connectivity index (χ0v) is 16.7. The lowest BCUT2D eigenvalue weighted by atomic mass is 9.95. The van der Waals surface area contributed by atoms with Crippen molar-refractivity contribution in [3.8, 4) is 5.75 Å². The van der Waals surface area contributed by atoms with Crippen molar-refractivity contribution in [2.45, 2.75) is 20.8 Å². The Morgan fingerprint density at radius 2 is 1.71 bits per heavy atom. The van der Waals surface area contributed by atoms with Gasteiger partial charge < -0.3 is 10.1 Å². The van der Waals surface area contributed by atoms with E-state index in [4.69, 9.17) is 4.74 Å². The van der Waals surface area contributed by atoms with Crippen LogP contribution in [0.25, 0.3) is 0 Å². The van der Waals surface area contributed by atoms with Crippen LogP contribution < -0.4 is 14.4 Å². The first-order valence-corrected chi connectivity index (χ1v) is 10.5. The van der Waals surface area contributed by atoms with Gasteiger partial charge in [0.2, 0.25) is 15.9 Å². The highest BCUT2D eigenvalue weighted by molar-refractivity contribution is 7.94. The Bertz CT molecular complexity index is 996. The fourth-order valence-electron chi connectivity index (χ4n) is 3.01. The maximum atomic E-state index is 12.4. The molecule has 0 spiro atoms. The zero-order valence-electron chi connectivity index (χ0n) is 15.9. The molecule has 7 nitrogen and oxygen atoms in total. The number of carbonyl (C=O) groups is 2. The molecule has 28 heavy (non-hydrogen) atoms. The summed E-state index contributed by atoms with van der Waals surface area (Å²) >= 11 is 0. The summed E-state index contributed by atoms with van der Waals surface area (Å²) in [6, 6.07) is 12.9. The van der Waals surface area contributed by atoms with Crippen LogP contribution in [-0.4, -0.2) is 32.6 Å². The molecular formula is C20H22N2O5S. The molecule has 1 aliphatic rings. The minimum absolute atomic E-state index is 0.230. The first-order valence-electron chi connectivity index (χ1n) is 8.86. The van der Waals surface area contributed by atoms with Crippen molar-refractivity contribution in [3.63, 3.8) is 0 Å². The normalized spacial score (nSPS) is 17.4. The fourth-order valence-corrected chi connectivity index (χ4v) is 5.12. The lowest BCUT2D eigenvalue weighted by Crippen LogP contribution is -2.32. The van der Waals surface area contributed by atoms with E-state index in [2.05, 4.69) is 5.32 Å². The van der Waals surface area contributed by atoms with Crippen LogP contribution in [0.5, 0.6) is 5.75 Å². The number of hydrogen-bond acceptors (Lipinski definition) is 5. The molecule has 0 radical (unpaired) electrons. The van der Waals surface area contributed by atoms with E-state index in [-0.39, 0.29) is 17.3 Å². The molecule has 1 fully saturated rings. The van der Waals surface area contributed by atoms with Gasteiger partial charge in [0.05, 0.1) is 23.5 Å². The maximum Gasteiger partial charge on any atom is 0.255 e. The average molecular weight is 402 g/mol. The van der Waals surface area contributed by atoms with Crippen LogP contribution in [0.3, 0.4) is 0 Å². The molecule has 0 unspecified atom stereocenters. The Balaban J connectivity index is 1.75. The second kappa shape index (κ2) is 7.27. The Hall–Kier alpha value is -2.87. The number of ether oxygens (including phenoxy) is 1. The van der Waals surface area contributed by atoms with E-state index in [1.54, 1.807) is 38.1 Å². The molecule has 1 N–H and O–H groups in total. The number of nitrogens with zero attached hydrogens (tertiary/aromatic N) is 1. The molecule has 1 aliphatic heterocycles. The highest BCUT2D eigenvalue weighted by atomic mass is 32.2. The van der Waals surface area contributed by atoms with Gasteiger partial charge in [-0.2, -0.15) is 0 Å². The lowest BCUT2D eigenvalue weighted by Gasteiger charge is -2.17. The maximum absolute atomic E-state index is 12.4. The first kappa shape index (κ1) is 19.9. The van der Waals surface area contributed by atoms with Crippen molar-refractivity contribution in [2.75, 3.05) is 22.0 Å². The van der Waals surface area contributed by atoms with Gasteiger partial charge in [0.15, 0.2) is 0 Å². The first-order chi connectivity index (χ1) is 13.1. The second-order valence-corrected chi connectivity index (χ2v) is 8.99. The summed E-state index contributed by atoms with van der Waals surface area (Å²) in [5.41, 5.74) is 0.216. The summed E-state index contributed by atoms with van der Waals surface area (Å²) < 4.78 is 30.9. The summed E-state index contributed by atoms with van der Waals surface area (Å²) in [6.07, 6.45) is 0. The number of benzene rings is 2. The summed E-state index contributed by atoms with van der Waals surface area (Å²) in [7, 11) is -3.72. The van der Waals surface area contributed by atoms with Gasteiger partial charge in [-0.3, -0.25) is 9.59 Å². The van der Waals surface area contributed by atoms with E-state index in [1.165, 1.54) is 24.3 Å². The van der Waals surface area contributed by atoms with E-state index in [0.29, 0.717) is 23.6 Å². The van der Waals surface area contributed by atoms with Gasteiger partial charge in [-0.25, -0.2) is 12.7 Å². The van der Waals surface area contributed by atoms with Gasteiger partial charge in [-0.05, 0) is 69.3 Å². The number of amides is 2. The fraction of sp³-hybridized carbons (Fsp3) is 0.300. The highest BCUT2D eigenvalue weighted by Crippen LogP contribution is 2.35. The van der Waals surface area contributed by atoms with Gasteiger partial charge in [-0.1, -0.05) is 0 Å². The highest BCUT2D eigenvalue weighted by Gasteiger charge is 2.49. The van der Waals surface area contributed by atoms with E-state index in [1.807, 2.05) is 6.92 Å². The van der Waals surface area contributed by atoms with Crippen LogP contribution in [0.15, 0.2) is 48.5 Å². The SMILES string of the molecule is CCOc1ccc(NC(=O)c2ccc(N3C(=O)C(C)(C)CS3(=O)=O)cc2)cc1. The third-order valence-electron chi connectivity index (χ3n) is 4.37. The molecule has 2 aromatic rings. The molecule has 2 aromatic carbocycles. The molecule has 148 valence electrons. The predicted octanol–water partition coefficient (Wildman–Crippen LogP) is 3.04. The molecule has 0 saturated carbocycles. The van der Waals surface area contributed by atoms with E-state index in [9.17, 15) is 18.0 Å². The lowest BCUT2D eigenvalue weighted by molar-refractivity contribution is -0.123. The Kier molecular flexibility index (Phi) is 5.16. The topological polar surface area (TPSA) is 92.8 Å². The smallest absolute Gasteiger partial charge is 0.255 e. The van der Waals surface area contributed by atoms with Crippen molar-refractivity contribution in [1.82, 2.24) is 0 Å². The van der Waals surface area contributed by atoms with Crippen LogP contribution in [-0.2, 0) is 14.8 Å². The number of hydrogen-bond donors (Lipinski definition) is 1. The average Bonchev–Trinajstić information content (AvgIpc) is 2.80. The van der Waals surface area contributed by atoms with E-state index < -0.39 is 21.3 Å². The number of nitrogens with one attached hydrogen (secondary N) is 1. The predicted molar refractivity (Wildman–Crippen MR) is 107 cm³/mol. The molecule has 0 aliphatic carbocycles. The zero-order chi connectivity index (χ0) is 20.5. The van der Waals surface area contributed by atoms with Gasteiger partial charge in [0.25, 0.3) is 5.91 Å². The minimum atomic E-state index is -3.72. The second-order valence-electron chi connectivity index (χ2n) is 7.17. The van der Waals surface area contributed by atoms with Gasteiger partial charge in [-0.15, -0.1) is 0 Å². The molecule has 2 amide bonds. The van der Waals surface area contributed by atoms with Crippen molar-refractivity contribution in [1.29, 1.82) is 0 Å². The van der Waals surface area contributed by atoms with Crippen LogP contribution in [0.2, 0.25) is 0 Å². The summed E-state index contributed by atoms with van der Waals surface area (Å²) in [4.78, 5) is 24.8. The van der Waals surface area contributed by atoms with Crippen LogP contribution in [0.1, 0.15) is 31.1 Å². The van der Waals surface area contributed by atoms with Gasteiger partial charge in [0, 0.05) is 11.3 Å². The molecule has 0 aromatic heterocycles. The van der Waals surface area contributed by atoms with Gasteiger partial charge in [0.1, 0.15) is 5.75 Å². The molecule has 0 atom stereocenters. The molecule has 8 heteroatoms. The summed E-state index contributed by atoms with van der Waals surface area (Å²) in [5.74, 6) is -0.339. The number of sulfonamides is 1. The Morgan fingerprint density at radius 1 is 1.11 bits per heavy atom. The third-order valence-corrected chi connectivity index (χ3v) is 6.39. The Labute approximate surface area is 164 Å². The molecular weight excluding hydrogens is 380 g/mol. The van der Waals surface area contributed by atoms with Crippen molar-refractivity contribution in [3.05, 3.63) is 54.1 Å². The number of anilines is 2. The molecule has 1 saturated heterocycles. The van der Waals surface area contributed by atoms with Crippen molar-refractivity contribution in [2.24, 2.45) is 5.41 Å². The number of carbonyl (C=O) groups excluding carboxylic acids is 2. The summed E-state index contributed by atoms with van der Waals surface area (Å²) in [6.45, 7) is 5.66. The van der Waals surface area contributed by atoms with Crippen LogP contribution in [0, 0.1) is 5.41 Å². The van der Waals surface area contributed by atoms with Crippen LogP contribution in [0.4, 0.5) is 11.4 Å². The monoisotopic (exact) mass is 402 g/mol. The van der Waals surface area contributed by atoms with Crippen molar-refractivity contribution >= 4 is 33.2 Å². The van der Waals surface area contributed by atoms with Gasteiger partial charge >= 0.3 is 0 Å². The molecule has 0 bridgehead atoms. The standard InChI is InChI=1S/C20H22N2O5S/c1-4-27-17-11-7-15(8-12-17)21-18(23)14-5-9-16(10-6-14)22-19(24)20(2,3)13-28(22,25)26/h5-12H,4,13H2,1-3H3,(H,21,23). The third kappa shape index (κ3) is 3.87. The van der Waals surface area contributed by atoms with E-state index in [0.717, 1.165) is 4.31 Å². The molecule has 1 heterocycles. The van der Waals surface area contributed by atoms with Crippen molar-refractivity contribution < 1.29 is 22.7 Å². The summed E-state index contributed by atoms with van der Waals surface area (Å²) in [5, 5.41) is 2.76. The van der Waals surface area contributed by atoms with E-state index >= 15 is 0 Å². The minimum Gasteiger partial charge on any atom is -0.494 e. The Morgan fingerprint density at radius 3 is 2.21 bits per heavy atom. The largest absolute Gasteiger partial charge is 0.494 e. The number of rotatable bonds is 5. The molecule has 3 rings (SSSR count). The van der Waals surface area contributed by atoms with Crippen LogP contribution >= 0.6 is 0 Å². The quantitative estimate of drug-likeness (QED) is 0.830.